The summed E-state index contributed by atoms with van der Waals surface area (Å²) in [6.07, 6.45) is 5.86. The molecule has 1 aromatic heterocycles. The van der Waals surface area contributed by atoms with Crippen LogP contribution in [0.5, 0.6) is 0 Å². The van der Waals surface area contributed by atoms with Crippen LogP contribution in [-0.4, -0.2) is 18.7 Å². The Bertz CT molecular complexity index is 185. The topological polar surface area (TPSA) is 22.1 Å². The number of ether oxygens (including phenoxy) is 1. The van der Waals surface area contributed by atoms with E-state index in [9.17, 15) is 0 Å². The maximum atomic E-state index is 4.69. The van der Waals surface area contributed by atoms with Gasteiger partial charge in [-0.05, 0) is 30.5 Å². The summed E-state index contributed by atoms with van der Waals surface area (Å²) < 4.78 is 4.69. The third kappa shape index (κ3) is 13.1. The first-order chi connectivity index (χ1) is 7.35. The summed E-state index contributed by atoms with van der Waals surface area (Å²) in [7, 11) is 1.71. The van der Waals surface area contributed by atoms with Gasteiger partial charge in [0.05, 0.1) is 0 Å². The molecule has 0 fully saturated rings. The molecule has 0 saturated heterocycles. The summed E-state index contributed by atoms with van der Waals surface area (Å²) in [4.78, 5) is 3.89. The van der Waals surface area contributed by atoms with Crippen LogP contribution >= 0.6 is 0 Å². The van der Waals surface area contributed by atoms with Crippen molar-refractivity contribution in [2.75, 3.05) is 13.7 Å². The third-order valence-electron chi connectivity index (χ3n) is 1.57. The van der Waals surface area contributed by atoms with Crippen molar-refractivity contribution in [3.05, 3.63) is 30.1 Å². The molecular formula is C13H25NO. The van der Waals surface area contributed by atoms with Crippen LogP contribution in [0.25, 0.3) is 0 Å². The standard InChI is InChI=1S/C7H9N.C4H10O.C2H6/c1-2-7-3-5-8-6-4-7;1-3-4-5-2;1-2/h3-6H,2H2,1H3;3-4H2,1-2H3;1-2H3. The molecule has 2 heteroatoms. The van der Waals surface area contributed by atoms with Gasteiger partial charge in [-0.15, -0.1) is 0 Å². The van der Waals surface area contributed by atoms with Crippen LogP contribution < -0.4 is 0 Å². The van der Waals surface area contributed by atoms with Gasteiger partial charge in [-0.3, -0.25) is 4.98 Å². The van der Waals surface area contributed by atoms with E-state index in [0.717, 1.165) is 19.4 Å². The highest BCUT2D eigenvalue weighted by Crippen LogP contribution is 1.94. The molecular weight excluding hydrogens is 186 g/mol. The van der Waals surface area contributed by atoms with Crippen LogP contribution in [0.15, 0.2) is 24.5 Å². The Morgan fingerprint density at radius 2 is 1.67 bits per heavy atom. The van der Waals surface area contributed by atoms with Gasteiger partial charge >= 0.3 is 0 Å². The third-order valence-corrected chi connectivity index (χ3v) is 1.57. The quantitative estimate of drug-likeness (QED) is 0.760. The van der Waals surface area contributed by atoms with Crippen molar-refractivity contribution in [3.8, 4) is 0 Å². The second-order valence-electron chi connectivity index (χ2n) is 2.70. The minimum atomic E-state index is 0.889. The van der Waals surface area contributed by atoms with Crippen molar-refractivity contribution in [2.45, 2.75) is 40.5 Å². The molecule has 0 unspecified atom stereocenters. The summed E-state index contributed by atoms with van der Waals surface area (Å²) in [6.45, 7) is 9.11. The maximum absolute atomic E-state index is 4.69. The number of pyridine rings is 1. The van der Waals surface area contributed by atoms with Crippen LogP contribution in [0, 0.1) is 0 Å². The Morgan fingerprint density at radius 1 is 1.13 bits per heavy atom. The molecule has 15 heavy (non-hydrogen) atoms. The van der Waals surface area contributed by atoms with Crippen molar-refractivity contribution in [1.29, 1.82) is 0 Å². The molecule has 1 aromatic rings. The molecule has 1 rings (SSSR count). The van der Waals surface area contributed by atoms with Crippen LogP contribution in [0.3, 0.4) is 0 Å². The molecule has 0 bridgehead atoms. The average molecular weight is 211 g/mol. The van der Waals surface area contributed by atoms with E-state index in [0.29, 0.717) is 0 Å². The molecule has 2 nitrogen and oxygen atoms in total. The van der Waals surface area contributed by atoms with Crippen LogP contribution in [0.2, 0.25) is 0 Å². The van der Waals surface area contributed by atoms with Crippen LogP contribution in [0.4, 0.5) is 0 Å². The Hall–Kier alpha value is -0.890. The lowest BCUT2D eigenvalue weighted by Crippen LogP contribution is -1.80. The number of hydrogen-bond donors (Lipinski definition) is 0. The van der Waals surface area contributed by atoms with Gasteiger partial charge in [-0.2, -0.15) is 0 Å². The second kappa shape index (κ2) is 15.6. The van der Waals surface area contributed by atoms with Gasteiger partial charge in [0, 0.05) is 26.1 Å². The number of hydrogen-bond acceptors (Lipinski definition) is 2. The Labute approximate surface area is 94.7 Å². The first-order valence-electron chi connectivity index (χ1n) is 5.73. The van der Waals surface area contributed by atoms with Crippen molar-refractivity contribution in [1.82, 2.24) is 4.98 Å². The minimum absolute atomic E-state index is 0.889. The largest absolute Gasteiger partial charge is 0.385 e. The first-order valence-corrected chi connectivity index (χ1v) is 5.73. The van der Waals surface area contributed by atoms with Gasteiger partial charge in [-0.25, -0.2) is 0 Å². The van der Waals surface area contributed by atoms with Crippen molar-refractivity contribution in [2.24, 2.45) is 0 Å². The zero-order valence-electron chi connectivity index (χ0n) is 10.8. The van der Waals surface area contributed by atoms with Gasteiger partial charge in [0.1, 0.15) is 0 Å². The summed E-state index contributed by atoms with van der Waals surface area (Å²) in [5.74, 6) is 0. The fraction of sp³-hybridized carbons (Fsp3) is 0.615. The molecule has 1 heterocycles. The molecule has 88 valence electrons. The first kappa shape index (κ1) is 16.5. The molecule has 0 aliphatic carbocycles. The molecule has 0 atom stereocenters. The fourth-order valence-corrected chi connectivity index (χ4v) is 0.823. The van der Waals surface area contributed by atoms with E-state index in [-0.39, 0.29) is 0 Å². The van der Waals surface area contributed by atoms with Crippen LogP contribution in [0.1, 0.15) is 39.7 Å². The van der Waals surface area contributed by atoms with Crippen LogP contribution in [-0.2, 0) is 11.2 Å². The molecule has 0 aliphatic heterocycles. The lowest BCUT2D eigenvalue weighted by Gasteiger charge is -1.89. The average Bonchev–Trinajstić information content (AvgIpc) is 2.34. The van der Waals surface area contributed by atoms with Gasteiger partial charge in [0.25, 0.3) is 0 Å². The minimum Gasteiger partial charge on any atom is -0.385 e. The number of methoxy groups -OCH3 is 1. The molecule has 0 radical (unpaired) electrons. The lowest BCUT2D eigenvalue weighted by molar-refractivity contribution is 0.199. The van der Waals surface area contributed by atoms with Crippen molar-refractivity contribution in [3.63, 3.8) is 0 Å². The molecule has 0 N–H and O–H groups in total. The Kier molecular flexibility index (Phi) is 17.2. The van der Waals surface area contributed by atoms with E-state index in [1.54, 1.807) is 7.11 Å². The van der Waals surface area contributed by atoms with Gasteiger partial charge in [-0.1, -0.05) is 27.7 Å². The second-order valence-corrected chi connectivity index (χ2v) is 2.70. The van der Waals surface area contributed by atoms with Gasteiger partial charge in [0.2, 0.25) is 0 Å². The maximum Gasteiger partial charge on any atom is 0.0459 e. The zero-order valence-corrected chi connectivity index (χ0v) is 10.8. The highest BCUT2D eigenvalue weighted by Gasteiger charge is 1.80. The molecule has 0 amide bonds. The number of aromatic nitrogens is 1. The summed E-state index contributed by atoms with van der Waals surface area (Å²) in [5, 5.41) is 0. The smallest absolute Gasteiger partial charge is 0.0459 e. The fourth-order valence-electron chi connectivity index (χ4n) is 0.823. The monoisotopic (exact) mass is 211 g/mol. The number of nitrogens with zero attached hydrogens (tertiary/aromatic N) is 1. The lowest BCUT2D eigenvalue weighted by atomic mass is 10.2. The van der Waals surface area contributed by atoms with Gasteiger partial charge < -0.3 is 4.74 Å². The summed E-state index contributed by atoms with van der Waals surface area (Å²) >= 11 is 0. The van der Waals surface area contributed by atoms with E-state index in [1.165, 1.54) is 5.56 Å². The molecule has 0 spiro atoms. The van der Waals surface area contributed by atoms with E-state index < -0.39 is 0 Å². The summed E-state index contributed by atoms with van der Waals surface area (Å²) in [6, 6.07) is 4.06. The zero-order chi connectivity index (χ0) is 11.9. The Balaban J connectivity index is 0. The highest BCUT2D eigenvalue weighted by molar-refractivity contribution is 5.08. The predicted molar refractivity (Wildman–Crippen MR) is 67.1 cm³/mol. The predicted octanol–water partition coefficient (Wildman–Crippen LogP) is 3.71. The van der Waals surface area contributed by atoms with E-state index in [4.69, 9.17) is 4.74 Å². The van der Waals surface area contributed by atoms with Crippen molar-refractivity contribution >= 4 is 0 Å². The summed E-state index contributed by atoms with van der Waals surface area (Å²) in [5.41, 5.74) is 1.35. The Morgan fingerprint density at radius 3 is 1.87 bits per heavy atom. The molecule has 0 aliphatic rings. The highest BCUT2D eigenvalue weighted by atomic mass is 16.5. The van der Waals surface area contributed by atoms with Crippen molar-refractivity contribution < 1.29 is 4.74 Å². The van der Waals surface area contributed by atoms with E-state index >= 15 is 0 Å². The van der Waals surface area contributed by atoms with E-state index in [2.05, 4.69) is 18.8 Å². The van der Waals surface area contributed by atoms with E-state index in [1.807, 2.05) is 38.4 Å². The van der Waals surface area contributed by atoms with Gasteiger partial charge in [0.15, 0.2) is 0 Å². The molecule has 0 saturated carbocycles. The SMILES string of the molecule is CC.CCCOC.CCc1ccncc1. The normalized spacial score (nSPS) is 8.07. The molecule has 0 aromatic carbocycles. The number of aryl methyl sites for hydroxylation is 1. The number of rotatable bonds is 3.